The Bertz CT molecular complexity index is 789. The molecule has 0 fully saturated rings. The minimum absolute atomic E-state index is 0.00153. The van der Waals surface area contributed by atoms with Gasteiger partial charge in [0.05, 0.1) is 11.4 Å². The Labute approximate surface area is 177 Å². The van der Waals surface area contributed by atoms with Crippen LogP contribution in [0.15, 0.2) is 82.1 Å². The summed E-state index contributed by atoms with van der Waals surface area (Å²) in [6, 6.07) is 6.33. The van der Waals surface area contributed by atoms with E-state index in [0.29, 0.717) is 5.70 Å². The second-order valence-electron chi connectivity index (χ2n) is 7.17. The molecule has 158 valence electrons. The maximum absolute atomic E-state index is 13.2. The summed E-state index contributed by atoms with van der Waals surface area (Å²) >= 11 is 0. The Morgan fingerprint density at radius 2 is 1.69 bits per heavy atom. The lowest BCUT2D eigenvalue weighted by Crippen LogP contribution is -2.11. The molecule has 0 aliphatic rings. The van der Waals surface area contributed by atoms with E-state index in [1.54, 1.807) is 12.1 Å². The van der Waals surface area contributed by atoms with Crippen LogP contribution in [-0.2, 0) is 0 Å². The van der Waals surface area contributed by atoms with Crippen molar-refractivity contribution in [2.45, 2.75) is 61.8 Å². The van der Waals surface area contributed by atoms with Crippen LogP contribution < -0.4 is 0 Å². The van der Waals surface area contributed by atoms with Gasteiger partial charge in [-0.1, -0.05) is 77.6 Å². The van der Waals surface area contributed by atoms with Crippen molar-refractivity contribution in [3.8, 4) is 0 Å². The van der Waals surface area contributed by atoms with Gasteiger partial charge in [-0.05, 0) is 55.9 Å². The third kappa shape index (κ3) is 9.98. The van der Waals surface area contributed by atoms with Gasteiger partial charge in [-0.15, -0.1) is 0 Å². The van der Waals surface area contributed by atoms with Crippen molar-refractivity contribution in [2.75, 3.05) is 0 Å². The molecule has 0 aliphatic carbocycles. The maximum Gasteiger partial charge on any atom is 0.123 e. The van der Waals surface area contributed by atoms with Gasteiger partial charge in [0, 0.05) is 11.9 Å². The highest BCUT2D eigenvalue weighted by atomic mass is 19.1. The largest absolute Gasteiger partial charge is 0.259 e. The van der Waals surface area contributed by atoms with E-state index in [4.69, 9.17) is 4.99 Å². The van der Waals surface area contributed by atoms with E-state index >= 15 is 0 Å². The lowest BCUT2D eigenvalue weighted by atomic mass is 9.92. The fourth-order valence-electron chi connectivity index (χ4n) is 2.10. The number of benzene rings is 1. The molecule has 0 saturated heterocycles. The Morgan fingerprint density at radius 1 is 1.10 bits per heavy atom. The molecule has 0 N–H and O–H groups in total. The molecule has 0 aliphatic heterocycles. The molecule has 0 atom stereocenters. The molecule has 0 unspecified atom stereocenters. The first-order valence-corrected chi connectivity index (χ1v) is 10.3. The van der Waals surface area contributed by atoms with Crippen LogP contribution >= 0.6 is 0 Å². The van der Waals surface area contributed by atoms with E-state index in [1.807, 2.05) is 65.1 Å². The van der Waals surface area contributed by atoms with E-state index in [9.17, 15) is 4.39 Å². The van der Waals surface area contributed by atoms with Crippen molar-refractivity contribution in [1.29, 1.82) is 0 Å². The molecule has 0 radical (unpaired) electrons. The summed E-state index contributed by atoms with van der Waals surface area (Å²) in [5.41, 5.74) is 3.95. The van der Waals surface area contributed by atoms with E-state index in [-0.39, 0.29) is 11.2 Å². The monoisotopic (exact) mass is 396 g/mol. The summed E-state index contributed by atoms with van der Waals surface area (Å²) in [5.74, 6) is -0.261. The minimum Gasteiger partial charge on any atom is -0.259 e. The molecular weight excluding hydrogens is 359 g/mol. The normalized spacial score (nSPS) is 13.6. The standard InChI is InChI=1S/C24H31FN2.C2H6/c1-8-10-11-12-18(3)23(20(5)26-17-24(6,7)9-2)27-19(4)21-13-15-22(25)16-14-21;1-2/h8,10-17H,5,9H2,1-4,6-7H3;1-2H3/b10-8-,12-11-,23-18+,26-17?,27-19?;. The van der Waals surface area contributed by atoms with Crippen LogP contribution in [0, 0.1) is 11.2 Å². The zero-order valence-corrected chi connectivity index (χ0v) is 19.4. The number of rotatable bonds is 8. The predicted octanol–water partition coefficient (Wildman–Crippen LogP) is 8.09. The van der Waals surface area contributed by atoms with Crippen molar-refractivity contribution in [3.63, 3.8) is 0 Å². The first-order valence-electron chi connectivity index (χ1n) is 10.3. The molecule has 1 aromatic rings. The number of hydrogen-bond donors (Lipinski definition) is 0. The van der Waals surface area contributed by atoms with Crippen molar-refractivity contribution in [3.05, 3.63) is 83.5 Å². The first kappa shape index (κ1) is 26.4. The molecule has 0 bridgehead atoms. The van der Waals surface area contributed by atoms with Crippen LogP contribution in [0.2, 0.25) is 0 Å². The molecule has 0 saturated carbocycles. The third-order valence-corrected chi connectivity index (χ3v) is 4.32. The van der Waals surface area contributed by atoms with Gasteiger partial charge in [-0.25, -0.2) is 4.39 Å². The number of hydrogen-bond acceptors (Lipinski definition) is 2. The number of halogens is 1. The maximum atomic E-state index is 13.2. The molecule has 0 aromatic heterocycles. The molecule has 0 spiro atoms. The van der Waals surface area contributed by atoms with E-state index in [1.165, 1.54) is 12.1 Å². The summed E-state index contributed by atoms with van der Waals surface area (Å²) in [6.07, 6.45) is 10.8. The quantitative estimate of drug-likeness (QED) is 0.313. The van der Waals surface area contributed by atoms with Crippen molar-refractivity contribution >= 4 is 11.9 Å². The Morgan fingerprint density at radius 3 is 2.21 bits per heavy atom. The highest BCUT2D eigenvalue weighted by Gasteiger charge is 2.12. The van der Waals surface area contributed by atoms with Crippen molar-refractivity contribution < 1.29 is 4.39 Å². The average molecular weight is 397 g/mol. The van der Waals surface area contributed by atoms with Crippen molar-refractivity contribution in [2.24, 2.45) is 15.4 Å². The molecule has 1 rings (SSSR count). The molecule has 1 aromatic carbocycles. The Balaban J connectivity index is 0.00000379. The van der Waals surface area contributed by atoms with Crippen LogP contribution in [0.25, 0.3) is 0 Å². The van der Waals surface area contributed by atoms with Gasteiger partial charge in [-0.3, -0.25) is 9.98 Å². The third-order valence-electron chi connectivity index (χ3n) is 4.32. The zero-order valence-electron chi connectivity index (χ0n) is 19.4. The minimum atomic E-state index is -0.261. The van der Waals surface area contributed by atoms with Gasteiger partial charge in [-0.2, -0.15) is 0 Å². The SMILES string of the molecule is C=C(N=CC(C)(C)CC)\C(N=C(C)c1ccc(F)cc1)=C(C)/C=C\C=C/C.CC. The summed E-state index contributed by atoms with van der Waals surface area (Å²) in [6.45, 7) is 20.4. The highest BCUT2D eigenvalue weighted by molar-refractivity contribution is 5.99. The predicted molar refractivity (Wildman–Crippen MR) is 128 cm³/mol. The Kier molecular flexibility index (Phi) is 12.4. The van der Waals surface area contributed by atoms with Crippen LogP contribution in [0.3, 0.4) is 0 Å². The van der Waals surface area contributed by atoms with E-state index < -0.39 is 0 Å². The van der Waals surface area contributed by atoms with Crippen molar-refractivity contribution in [1.82, 2.24) is 0 Å². The first-order chi connectivity index (χ1) is 13.7. The van der Waals surface area contributed by atoms with Crippen LogP contribution in [0.1, 0.15) is 67.4 Å². The zero-order chi connectivity index (χ0) is 22.4. The van der Waals surface area contributed by atoms with Gasteiger partial charge in [0.25, 0.3) is 0 Å². The van der Waals surface area contributed by atoms with Gasteiger partial charge < -0.3 is 0 Å². The highest BCUT2D eigenvalue weighted by Crippen LogP contribution is 2.22. The van der Waals surface area contributed by atoms with Gasteiger partial charge in [0.1, 0.15) is 5.82 Å². The molecule has 29 heavy (non-hydrogen) atoms. The number of aliphatic imine (C=N–C) groups is 2. The van der Waals surface area contributed by atoms with E-state index in [0.717, 1.165) is 29.0 Å². The molecule has 2 nitrogen and oxygen atoms in total. The number of allylic oxidation sites excluding steroid dienone is 5. The van der Waals surface area contributed by atoms with Gasteiger partial charge >= 0.3 is 0 Å². The molecular formula is C26H37FN2. The fourth-order valence-corrected chi connectivity index (χ4v) is 2.10. The lowest BCUT2D eigenvalue weighted by molar-refractivity contribution is 0.515. The summed E-state index contributed by atoms with van der Waals surface area (Å²) < 4.78 is 13.2. The summed E-state index contributed by atoms with van der Waals surface area (Å²) in [5, 5.41) is 0. The lowest BCUT2D eigenvalue weighted by Gasteiger charge is -2.16. The second-order valence-corrected chi connectivity index (χ2v) is 7.17. The van der Waals surface area contributed by atoms with E-state index in [2.05, 4.69) is 32.3 Å². The molecule has 0 heterocycles. The smallest absolute Gasteiger partial charge is 0.123 e. The average Bonchev–Trinajstić information content (AvgIpc) is 2.72. The molecule has 0 amide bonds. The second kappa shape index (κ2) is 13.6. The van der Waals surface area contributed by atoms with Crippen LogP contribution in [-0.4, -0.2) is 11.9 Å². The topological polar surface area (TPSA) is 24.7 Å². The summed E-state index contributed by atoms with van der Waals surface area (Å²) in [4.78, 5) is 9.35. The number of nitrogens with zero attached hydrogens (tertiary/aromatic N) is 2. The molecule has 3 heteroatoms. The Hall–Kier alpha value is -2.55. The van der Waals surface area contributed by atoms with Crippen LogP contribution in [0.4, 0.5) is 4.39 Å². The fraction of sp³-hybridized carbons (Fsp3) is 0.385. The van der Waals surface area contributed by atoms with Gasteiger partial charge in [0.15, 0.2) is 0 Å². The van der Waals surface area contributed by atoms with Gasteiger partial charge in [0.2, 0.25) is 0 Å². The van der Waals surface area contributed by atoms with Crippen LogP contribution in [0.5, 0.6) is 0 Å². The summed E-state index contributed by atoms with van der Waals surface area (Å²) in [7, 11) is 0.